The molecule has 1 aromatic carbocycles. The Hall–Kier alpha value is -1.17. The molecule has 0 saturated heterocycles. The van der Waals surface area contributed by atoms with E-state index < -0.39 is 9.84 Å². The molecule has 0 radical (unpaired) electrons. The number of fused-ring (bicyclic) bond motifs is 1. The smallest absolute Gasteiger partial charge is 0.180 e. The lowest BCUT2D eigenvalue weighted by atomic mass is 10.1. The maximum absolute atomic E-state index is 12.1. The summed E-state index contributed by atoms with van der Waals surface area (Å²) in [6.07, 6.45) is 0. The Morgan fingerprint density at radius 2 is 2.11 bits per heavy atom. The molecule has 3 rings (SSSR count). The highest BCUT2D eigenvalue weighted by Crippen LogP contribution is 2.33. The summed E-state index contributed by atoms with van der Waals surface area (Å²) in [6, 6.07) is 7.17. The molecular weight excluding hydrogens is 278 g/mol. The zero-order valence-corrected chi connectivity index (χ0v) is 12.2. The van der Waals surface area contributed by atoms with Crippen molar-refractivity contribution in [3.63, 3.8) is 0 Å². The van der Waals surface area contributed by atoms with E-state index in [1.165, 1.54) is 11.1 Å². The Labute approximate surface area is 117 Å². The molecule has 1 aliphatic heterocycles. The predicted octanol–water partition coefficient (Wildman–Crippen LogP) is 2.67. The van der Waals surface area contributed by atoms with Gasteiger partial charge in [0.1, 0.15) is 0 Å². The molecule has 19 heavy (non-hydrogen) atoms. The first-order valence-electron chi connectivity index (χ1n) is 6.14. The molecule has 5 heteroatoms. The third kappa shape index (κ3) is 2.33. The summed E-state index contributed by atoms with van der Waals surface area (Å²) in [6.45, 7) is 2.79. The van der Waals surface area contributed by atoms with E-state index in [1.807, 2.05) is 12.1 Å². The van der Waals surface area contributed by atoms with Gasteiger partial charge in [0.25, 0.3) is 0 Å². The van der Waals surface area contributed by atoms with Crippen LogP contribution in [-0.4, -0.2) is 14.2 Å². The standard InChI is InChI=1S/C14H15NO2S2/c1-10-7-18-8-11(10)6-15-13-9-19(16,17)14-5-3-2-4-12(13)14/h2-5,7-8,13,15H,6,9H2,1H3. The summed E-state index contributed by atoms with van der Waals surface area (Å²) in [5.74, 6) is 0.162. The van der Waals surface area contributed by atoms with Gasteiger partial charge >= 0.3 is 0 Å². The van der Waals surface area contributed by atoms with E-state index in [4.69, 9.17) is 0 Å². The third-order valence-corrected chi connectivity index (χ3v) is 6.24. The van der Waals surface area contributed by atoms with Crippen molar-refractivity contribution in [3.8, 4) is 0 Å². The Balaban J connectivity index is 1.83. The molecule has 1 N–H and O–H groups in total. The van der Waals surface area contributed by atoms with E-state index >= 15 is 0 Å². The van der Waals surface area contributed by atoms with Gasteiger partial charge in [-0.15, -0.1) is 0 Å². The van der Waals surface area contributed by atoms with Gasteiger partial charge in [0.15, 0.2) is 9.84 Å². The minimum atomic E-state index is -3.12. The Kier molecular flexibility index (Phi) is 3.20. The number of nitrogens with one attached hydrogen (secondary N) is 1. The number of rotatable bonds is 3. The first kappa shape index (κ1) is 12.8. The molecule has 2 aromatic rings. The van der Waals surface area contributed by atoms with Crippen LogP contribution in [0, 0.1) is 6.92 Å². The van der Waals surface area contributed by atoms with Crippen LogP contribution >= 0.6 is 11.3 Å². The van der Waals surface area contributed by atoms with E-state index in [-0.39, 0.29) is 11.8 Å². The second kappa shape index (κ2) is 4.74. The Morgan fingerprint density at radius 1 is 1.32 bits per heavy atom. The van der Waals surface area contributed by atoms with Gasteiger partial charge in [-0.05, 0) is 40.4 Å². The highest BCUT2D eigenvalue weighted by atomic mass is 32.2. The normalized spacial score (nSPS) is 20.4. The Morgan fingerprint density at radius 3 is 2.84 bits per heavy atom. The van der Waals surface area contributed by atoms with E-state index in [9.17, 15) is 8.42 Å². The van der Waals surface area contributed by atoms with E-state index in [2.05, 4.69) is 23.0 Å². The largest absolute Gasteiger partial charge is 0.305 e. The zero-order valence-electron chi connectivity index (χ0n) is 10.6. The zero-order chi connectivity index (χ0) is 13.5. The van der Waals surface area contributed by atoms with Gasteiger partial charge in [0.05, 0.1) is 10.6 Å². The summed E-state index contributed by atoms with van der Waals surface area (Å²) >= 11 is 1.68. The molecule has 1 atom stereocenters. The molecular formula is C14H15NO2S2. The van der Waals surface area contributed by atoms with Gasteiger partial charge in [0, 0.05) is 12.6 Å². The van der Waals surface area contributed by atoms with Crippen molar-refractivity contribution < 1.29 is 8.42 Å². The molecule has 0 amide bonds. The third-order valence-electron chi connectivity index (χ3n) is 3.52. The van der Waals surface area contributed by atoms with Gasteiger partial charge < -0.3 is 5.32 Å². The van der Waals surface area contributed by atoms with Crippen LogP contribution in [-0.2, 0) is 16.4 Å². The minimum absolute atomic E-state index is 0.0968. The van der Waals surface area contributed by atoms with Gasteiger partial charge in [-0.1, -0.05) is 18.2 Å². The van der Waals surface area contributed by atoms with Crippen molar-refractivity contribution in [2.75, 3.05) is 5.75 Å². The van der Waals surface area contributed by atoms with Crippen LogP contribution in [0.25, 0.3) is 0 Å². The SMILES string of the molecule is Cc1cscc1CNC1CS(=O)(=O)c2ccccc21. The highest BCUT2D eigenvalue weighted by molar-refractivity contribution is 7.91. The lowest BCUT2D eigenvalue weighted by Crippen LogP contribution is -2.22. The van der Waals surface area contributed by atoms with E-state index in [1.54, 1.807) is 23.5 Å². The summed E-state index contributed by atoms with van der Waals surface area (Å²) in [5.41, 5.74) is 3.40. The molecule has 0 fully saturated rings. The molecule has 0 aliphatic carbocycles. The number of hydrogen-bond donors (Lipinski definition) is 1. The van der Waals surface area contributed by atoms with Gasteiger partial charge in [-0.3, -0.25) is 0 Å². The summed E-state index contributed by atoms with van der Waals surface area (Å²) in [7, 11) is -3.12. The maximum atomic E-state index is 12.1. The second-order valence-electron chi connectivity index (χ2n) is 4.83. The molecule has 2 heterocycles. The van der Waals surface area contributed by atoms with E-state index in [0.29, 0.717) is 11.4 Å². The van der Waals surface area contributed by atoms with Crippen LogP contribution in [0.3, 0.4) is 0 Å². The van der Waals surface area contributed by atoms with Crippen LogP contribution in [0.5, 0.6) is 0 Å². The predicted molar refractivity (Wildman–Crippen MR) is 77.1 cm³/mol. The fourth-order valence-corrected chi connectivity index (χ4v) is 5.05. The molecule has 1 unspecified atom stereocenters. The summed E-state index contributed by atoms with van der Waals surface area (Å²) < 4.78 is 24.1. The molecule has 0 bridgehead atoms. The lowest BCUT2D eigenvalue weighted by Gasteiger charge is -2.12. The van der Waals surface area contributed by atoms with E-state index in [0.717, 1.165) is 5.56 Å². The van der Waals surface area contributed by atoms with Gasteiger partial charge in [-0.25, -0.2) is 8.42 Å². The van der Waals surface area contributed by atoms with Crippen LogP contribution in [0.1, 0.15) is 22.7 Å². The van der Waals surface area contributed by atoms with Gasteiger partial charge in [0.2, 0.25) is 0 Å². The molecule has 0 spiro atoms. The van der Waals surface area contributed by atoms with Crippen molar-refractivity contribution in [2.24, 2.45) is 0 Å². The highest BCUT2D eigenvalue weighted by Gasteiger charge is 2.33. The van der Waals surface area contributed by atoms with Crippen molar-refractivity contribution >= 4 is 21.2 Å². The first-order valence-corrected chi connectivity index (χ1v) is 8.74. The number of sulfone groups is 1. The summed E-state index contributed by atoms with van der Waals surface area (Å²) in [4.78, 5) is 0.481. The number of aryl methyl sites for hydroxylation is 1. The van der Waals surface area contributed by atoms with Gasteiger partial charge in [-0.2, -0.15) is 11.3 Å². The fraction of sp³-hybridized carbons (Fsp3) is 0.286. The second-order valence-corrected chi connectivity index (χ2v) is 7.58. The molecule has 100 valence electrons. The van der Waals surface area contributed by atoms with Crippen molar-refractivity contribution in [1.82, 2.24) is 5.32 Å². The van der Waals surface area contributed by atoms with Crippen LogP contribution in [0.15, 0.2) is 39.9 Å². The fourth-order valence-electron chi connectivity index (χ4n) is 2.42. The van der Waals surface area contributed by atoms with Crippen molar-refractivity contribution in [3.05, 3.63) is 51.7 Å². The Bertz CT molecular complexity index is 704. The maximum Gasteiger partial charge on any atom is 0.180 e. The van der Waals surface area contributed by atoms with Crippen LogP contribution < -0.4 is 5.32 Å². The molecule has 1 aromatic heterocycles. The molecule has 3 nitrogen and oxygen atoms in total. The molecule has 0 saturated carbocycles. The topological polar surface area (TPSA) is 46.2 Å². The average molecular weight is 293 g/mol. The minimum Gasteiger partial charge on any atom is -0.305 e. The average Bonchev–Trinajstić information content (AvgIpc) is 2.90. The van der Waals surface area contributed by atoms with Crippen LogP contribution in [0.2, 0.25) is 0 Å². The first-order chi connectivity index (χ1) is 9.08. The number of hydrogen-bond acceptors (Lipinski definition) is 4. The number of thiophene rings is 1. The number of benzene rings is 1. The van der Waals surface area contributed by atoms with Crippen molar-refractivity contribution in [1.29, 1.82) is 0 Å². The molecule has 1 aliphatic rings. The van der Waals surface area contributed by atoms with Crippen LogP contribution in [0.4, 0.5) is 0 Å². The monoisotopic (exact) mass is 293 g/mol. The lowest BCUT2D eigenvalue weighted by molar-refractivity contribution is 0.566. The quantitative estimate of drug-likeness (QED) is 0.946. The van der Waals surface area contributed by atoms with Crippen molar-refractivity contribution in [2.45, 2.75) is 24.4 Å². The summed E-state index contributed by atoms with van der Waals surface area (Å²) in [5, 5.41) is 7.58.